The Balaban J connectivity index is 1.39. The van der Waals surface area contributed by atoms with E-state index in [1.165, 1.54) is 0 Å². The predicted octanol–water partition coefficient (Wildman–Crippen LogP) is 4.56. The van der Waals surface area contributed by atoms with Crippen molar-refractivity contribution in [3.05, 3.63) is 108 Å². The lowest BCUT2D eigenvalue weighted by atomic mass is 10.0. The van der Waals surface area contributed by atoms with Crippen molar-refractivity contribution >= 4 is 33.7 Å². The van der Waals surface area contributed by atoms with E-state index in [0.717, 1.165) is 27.4 Å². The maximum absolute atomic E-state index is 13.4. The van der Waals surface area contributed by atoms with Gasteiger partial charge in [-0.15, -0.1) is 0 Å². The van der Waals surface area contributed by atoms with E-state index in [1.807, 2.05) is 60.8 Å². The molecule has 0 spiro atoms. The summed E-state index contributed by atoms with van der Waals surface area (Å²) < 4.78 is 5.90. The van der Waals surface area contributed by atoms with Crippen LogP contribution in [0.4, 0.5) is 0 Å². The van der Waals surface area contributed by atoms with E-state index in [0.29, 0.717) is 24.3 Å². The van der Waals surface area contributed by atoms with Crippen LogP contribution in [0.25, 0.3) is 21.9 Å². The normalized spacial score (nSPS) is 13.0. The third kappa shape index (κ3) is 4.95. The van der Waals surface area contributed by atoms with E-state index in [2.05, 4.69) is 15.6 Å². The number of carboxylic acid groups (broad SMARTS) is 1. The van der Waals surface area contributed by atoms with Crippen molar-refractivity contribution in [3.63, 3.8) is 0 Å². The molecule has 2 atom stereocenters. The number of carbonyl (C=O) groups excluding carboxylic acids is 1. The van der Waals surface area contributed by atoms with Crippen molar-refractivity contribution in [3.8, 4) is 0 Å². The molecule has 7 heteroatoms. The number of carbonyl (C=O) groups is 2. The third-order valence-corrected chi connectivity index (χ3v) is 6.08. The molecule has 0 aliphatic carbocycles. The summed E-state index contributed by atoms with van der Waals surface area (Å²) in [6.07, 6.45) is 2.26. The monoisotopic (exact) mass is 467 g/mol. The van der Waals surface area contributed by atoms with Gasteiger partial charge in [0.15, 0.2) is 6.04 Å². The molecular weight excluding hydrogens is 442 g/mol. The van der Waals surface area contributed by atoms with Crippen molar-refractivity contribution < 1.29 is 19.1 Å². The fourth-order valence-corrected chi connectivity index (χ4v) is 4.30. The third-order valence-electron chi connectivity index (χ3n) is 6.08. The number of hydrogen-bond acceptors (Lipinski definition) is 4. The topological polar surface area (TPSA) is 107 Å². The lowest BCUT2D eigenvalue weighted by Crippen LogP contribution is -2.47. The van der Waals surface area contributed by atoms with Crippen LogP contribution >= 0.6 is 0 Å². The molecule has 0 aliphatic rings. The zero-order valence-corrected chi connectivity index (χ0v) is 18.9. The van der Waals surface area contributed by atoms with Crippen LogP contribution in [-0.2, 0) is 22.6 Å². The van der Waals surface area contributed by atoms with E-state index in [-0.39, 0.29) is 0 Å². The Morgan fingerprint density at radius 3 is 2.49 bits per heavy atom. The van der Waals surface area contributed by atoms with E-state index in [1.54, 1.807) is 30.3 Å². The van der Waals surface area contributed by atoms with Gasteiger partial charge in [-0.2, -0.15) is 0 Å². The molecule has 0 aliphatic heterocycles. The first-order valence-electron chi connectivity index (χ1n) is 11.4. The Bertz CT molecular complexity index is 1440. The summed E-state index contributed by atoms with van der Waals surface area (Å²) in [5.74, 6) is -0.823. The fourth-order valence-electron chi connectivity index (χ4n) is 4.30. The van der Waals surface area contributed by atoms with Crippen LogP contribution in [0.3, 0.4) is 0 Å². The Morgan fingerprint density at radius 1 is 0.943 bits per heavy atom. The zero-order chi connectivity index (χ0) is 24.2. The summed E-state index contributed by atoms with van der Waals surface area (Å²) in [5, 5.41) is 17.8. The second-order valence-corrected chi connectivity index (χ2v) is 8.44. The second kappa shape index (κ2) is 9.87. The van der Waals surface area contributed by atoms with Gasteiger partial charge in [0.2, 0.25) is 5.91 Å². The molecule has 4 N–H and O–H groups in total. The van der Waals surface area contributed by atoms with Gasteiger partial charge in [-0.25, -0.2) is 4.79 Å². The van der Waals surface area contributed by atoms with E-state index < -0.39 is 24.0 Å². The Labute approximate surface area is 201 Å². The number of nitrogens with one attached hydrogen (secondary N) is 3. The summed E-state index contributed by atoms with van der Waals surface area (Å²) in [6.45, 7) is 0.318. The second-order valence-electron chi connectivity index (χ2n) is 8.44. The Morgan fingerprint density at radius 2 is 1.69 bits per heavy atom. The first-order valence-corrected chi connectivity index (χ1v) is 11.4. The molecule has 2 aromatic heterocycles. The number of carboxylic acids is 1. The number of fused-ring (bicyclic) bond motifs is 2. The van der Waals surface area contributed by atoms with Crippen molar-refractivity contribution in [1.82, 2.24) is 15.6 Å². The van der Waals surface area contributed by atoms with Gasteiger partial charge in [-0.05, 0) is 35.7 Å². The van der Waals surface area contributed by atoms with Crippen LogP contribution in [0, 0.1) is 0 Å². The number of para-hydroxylation sites is 2. The van der Waals surface area contributed by atoms with Crippen molar-refractivity contribution in [2.75, 3.05) is 0 Å². The zero-order valence-electron chi connectivity index (χ0n) is 18.9. The highest BCUT2D eigenvalue weighted by atomic mass is 16.4. The minimum Gasteiger partial charge on any atom is -0.479 e. The molecule has 2 heterocycles. The SMILES string of the molecule is O=C(NC(C(=O)O)c1ccccc1)C(Cc1c[nH]c2ccccc12)NCc1cc2ccccc2o1. The van der Waals surface area contributed by atoms with Gasteiger partial charge in [-0.3, -0.25) is 10.1 Å². The molecule has 3 aromatic carbocycles. The van der Waals surface area contributed by atoms with Crippen LogP contribution in [0.2, 0.25) is 0 Å². The highest BCUT2D eigenvalue weighted by Gasteiger charge is 2.27. The lowest BCUT2D eigenvalue weighted by Gasteiger charge is -2.21. The number of H-pyrrole nitrogens is 1. The smallest absolute Gasteiger partial charge is 0.330 e. The number of aliphatic carboxylic acids is 1. The number of rotatable bonds is 9. The van der Waals surface area contributed by atoms with Gasteiger partial charge in [0.05, 0.1) is 12.6 Å². The molecule has 0 saturated carbocycles. The van der Waals surface area contributed by atoms with Gasteiger partial charge in [0.25, 0.3) is 0 Å². The molecule has 7 nitrogen and oxygen atoms in total. The minimum absolute atomic E-state index is 0.318. The molecule has 0 bridgehead atoms. The average molecular weight is 468 g/mol. The number of furan rings is 1. The van der Waals surface area contributed by atoms with Gasteiger partial charge in [0.1, 0.15) is 11.3 Å². The molecular formula is C28H25N3O4. The molecule has 0 radical (unpaired) electrons. The molecule has 0 fully saturated rings. The van der Waals surface area contributed by atoms with E-state index >= 15 is 0 Å². The summed E-state index contributed by atoms with van der Waals surface area (Å²) in [6, 6.07) is 24.4. The van der Waals surface area contributed by atoms with Crippen molar-refractivity contribution in [1.29, 1.82) is 0 Å². The van der Waals surface area contributed by atoms with E-state index in [9.17, 15) is 14.7 Å². The Kier molecular flexibility index (Phi) is 6.32. The Hall–Kier alpha value is -4.36. The molecule has 35 heavy (non-hydrogen) atoms. The highest BCUT2D eigenvalue weighted by Crippen LogP contribution is 2.22. The molecule has 0 saturated heterocycles. The molecule has 2 unspecified atom stereocenters. The quantitative estimate of drug-likeness (QED) is 0.254. The van der Waals surface area contributed by atoms with E-state index in [4.69, 9.17) is 4.42 Å². The standard InChI is InChI=1S/C28H25N3O4/c32-27(31-26(28(33)34)18-8-2-1-3-9-18)24(15-20-16-29-23-12-6-5-11-22(20)23)30-17-21-14-19-10-4-7-13-25(19)35-21/h1-14,16,24,26,29-30H,15,17H2,(H,31,32)(H,33,34). The minimum atomic E-state index is -1.15. The van der Waals surface area contributed by atoms with Crippen molar-refractivity contribution in [2.45, 2.75) is 25.0 Å². The number of amides is 1. The number of aromatic amines is 1. The summed E-state index contributed by atoms with van der Waals surface area (Å²) in [7, 11) is 0. The first kappa shape index (κ1) is 22.4. The highest BCUT2D eigenvalue weighted by molar-refractivity contribution is 5.89. The molecule has 5 rings (SSSR count). The molecule has 1 amide bonds. The number of hydrogen-bond donors (Lipinski definition) is 4. The van der Waals surface area contributed by atoms with Crippen LogP contribution in [0.1, 0.15) is 22.9 Å². The van der Waals surface area contributed by atoms with Crippen LogP contribution in [0.5, 0.6) is 0 Å². The van der Waals surface area contributed by atoms with Crippen LogP contribution in [-0.4, -0.2) is 28.0 Å². The largest absolute Gasteiger partial charge is 0.479 e. The lowest BCUT2D eigenvalue weighted by molar-refractivity contribution is -0.142. The van der Waals surface area contributed by atoms with Crippen LogP contribution in [0.15, 0.2) is 95.5 Å². The molecule has 176 valence electrons. The molecule has 5 aromatic rings. The van der Waals surface area contributed by atoms with Crippen LogP contribution < -0.4 is 10.6 Å². The summed E-state index contributed by atoms with van der Waals surface area (Å²) in [4.78, 5) is 28.6. The first-order chi connectivity index (χ1) is 17.1. The van der Waals surface area contributed by atoms with Gasteiger partial charge in [-0.1, -0.05) is 66.7 Å². The van der Waals surface area contributed by atoms with Crippen molar-refractivity contribution in [2.24, 2.45) is 0 Å². The average Bonchev–Trinajstić information content (AvgIpc) is 3.49. The van der Waals surface area contributed by atoms with Gasteiger partial charge >= 0.3 is 5.97 Å². The summed E-state index contributed by atoms with van der Waals surface area (Å²) in [5.41, 5.74) is 3.23. The number of aromatic nitrogens is 1. The fraction of sp³-hybridized carbons (Fsp3) is 0.143. The maximum Gasteiger partial charge on any atom is 0.330 e. The maximum atomic E-state index is 13.4. The summed E-state index contributed by atoms with van der Waals surface area (Å²) >= 11 is 0. The number of benzene rings is 3. The van der Waals surface area contributed by atoms with Gasteiger partial charge in [0, 0.05) is 22.5 Å². The van der Waals surface area contributed by atoms with Gasteiger partial charge < -0.3 is 19.8 Å². The predicted molar refractivity (Wildman–Crippen MR) is 134 cm³/mol.